The highest BCUT2D eigenvalue weighted by Crippen LogP contribution is 2.33. The molecule has 5 heteroatoms. The Morgan fingerprint density at radius 2 is 2.46 bits per heavy atom. The third-order valence-electron chi connectivity index (χ3n) is 2.39. The second-order valence-electron chi connectivity index (χ2n) is 3.25. The van der Waals surface area contributed by atoms with Gasteiger partial charge in [0.25, 0.3) is 0 Å². The fourth-order valence-electron chi connectivity index (χ4n) is 1.73. The lowest BCUT2D eigenvalue weighted by Crippen LogP contribution is -2.42. The second kappa shape index (κ2) is 6.44. The molecule has 0 aliphatic carbocycles. The zero-order valence-electron chi connectivity index (χ0n) is 7.78. The van der Waals surface area contributed by atoms with E-state index in [0.29, 0.717) is 20.6 Å². The summed E-state index contributed by atoms with van der Waals surface area (Å²) < 4.78 is 8.01. The topological polar surface area (TPSA) is 12.5 Å². The smallest absolute Gasteiger partial charge is 0.0780 e. The summed E-state index contributed by atoms with van der Waals surface area (Å²) in [5, 5.41) is 0. The minimum Gasteiger partial charge on any atom is -0.354 e. The molecule has 0 aromatic carbocycles. The van der Waals surface area contributed by atoms with Gasteiger partial charge in [0, 0.05) is 21.1 Å². The molecular weight excluding hydrogens is 219 g/mol. The molecule has 5 atom stereocenters. The standard InChI is InChI=1S/C8H18NOP3/c1-2-4-7-8(10-13-12)5-3-6-9(7)11/h2,7-8,13H,1,3-6,11-12H2/t7-,8+/m1/s1. The number of piperidine rings is 1. The van der Waals surface area contributed by atoms with Crippen LogP contribution in [0.5, 0.6) is 0 Å². The van der Waals surface area contributed by atoms with Crippen LogP contribution in [0.4, 0.5) is 0 Å². The van der Waals surface area contributed by atoms with Crippen LogP contribution in [0.1, 0.15) is 19.3 Å². The van der Waals surface area contributed by atoms with E-state index in [1.54, 1.807) is 0 Å². The second-order valence-corrected chi connectivity index (χ2v) is 5.09. The van der Waals surface area contributed by atoms with Gasteiger partial charge in [-0.3, -0.25) is 4.67 Å². The third-order valence-corrected chi connectivity index (χ3v) is 3.88. The van der Waals surface area contributed by atoms with Gasteiger partial charge >= 0.3 is 0 Å². The van der Waals surface area contributed by atoms with Crippen LogP contribution >= 0.6 is 26.8 Å². The monoisotopic (exact) mass is 237 g/mol. The summed E-state index contributed by atoms with van der Waals surface area (Å²) in [7, 11) is 5.95. The van der Waals surface area contributed by atoms with Gasteiger partial charge < -0.3 is 4.52 Å². The fraction of sp³-hybridized carbons (Fsp3) is 0.750. The SMILES string of the molecule is C=CC[C@@H]1[C@@H](OPP)CCCN1P. The van der Waals surface area contributed by atoms with Crippen molar-refractivity contribution in [1.29, 1.82) is 0 Å². The van der Waals surface area contributed by atoms with Crippen molar-refractivity contribution in [1.82, 2.24) is 4.67 Å². The Bertz CT molecular complexity index is 165. The van der Waals surface area contributed by atoms with Crippen molar-refractivity contribution in [3.63, 3.8) is 0 Å². The molecule has 76 valence electrons. The third kappa shape index (κ3) is 3.54. The van der Waals surface area contributed by atoms with Crippen LogP contribution in [0, 0.1) is 0 Å². The zero-order chi connectivity index (χ0) is 9.68. The summed E-state index contributed by atoms with van der Waals surface area (Å²) in [6, 6.07) is 0.504. The number of rotatable bonds is 4. The normalized spacial score (nSPS) is 31.2. The van der Waals surface area contributed by atoms with E-state index in [4.69, 9.17) is 4.52 Å². The van der Waals surface area contributed by atoms with Gasteiger partial charge in [0.1, 0.15) is 0 Å². The molecule has 0 aromatic heterocycles. The maximum Gasteiger partial charge on any atom is 0.0780 e. The highest BCUT2D eigenvalue weighted by molar-refractivity contribution is 8.00. The van der Waals surface area contributed by atoms with E-state index in [9.17, 15) is 0 Å². The summed E-state index contributed by atoms with van der Waals surface area (Å²) in [5.41, 5.74) is 0. The molecule has 1 heterocycles. The molecule has 0 spiro atoms. The van der Waals surface area contributed by atoms with Crippen LogP contribution in [-0.4, -0.2) is 23.4 Å². The lowest BCUT2D eigenvalue weighted by Gasteiger charge is -2.37. The minimum absolute atomic E-state index is 0.389. The highest BCUT2D eigenvalue weighted by Gasteiger charge is 2.28. The van der Waals surface area contributed by atoms with Gasteiger partial charge in [-0.05, 0) is 19.3 Å². The lowest BCUT2D eigenvalue weighted by molar-refractivity contribution is 0.0949. The number of hydrogen-bond acceptors (Lipinski definition) is 2. The molecule has 1 saturated heterocycles. The molecule has 2 nitrogen and oxygen atoms in total. The van der Waals surface area contributed by atoms with E-state index in [0.717, 1.165) is 13.0 Å². The summed E-state index contributed by atoms with van der Waals surface area (Å²) >= 11 is 0. The van der Waals surface area contributed by atoms with Gasteiger partial charge in [-0.1, -0.05) is 24.4 Å². The predicted molar refractivity (Wildman–Crippen MR) is 67.2 cm³/mol. The molecular formula is C8H18NOP3. The zero-order valence-corrected chi connectivity index (χ0v) is 11.1. The first-order valence-corrected chi connectivity index (χ1v) is 7.76. The van der Waals surface area contributed by atoms with E-state index >= 15 is 0 Å². The number of nitrogens with zero attached hydrogens (tertiary/aromatic N) is 1. The molecule has 0 aromatic rings. The molecule has 1 fully saturated rings. The van der Waals surface area contributed by atoms with E-state index in [1.165, 1.54) is 12.8 Å². The first-order chi connectivity index (χ1) is 6.29. The first-order valence-electron chi connectivity index (χ1n) is 4.53. The van der Waals surface area contributed by atoms with Crippen LogP contribution in [0.2, 0.25) is 0 Å². The van der Waals surface area contributed by atoms with E-state index < -0.39 is 0 Å². The highest BCUT2D eigenvalue weighted by atomic mass is 32.0. The average Bonchev–Trinajstić information content (AvgIpc) is 2.11. The quantitative estimate of drug-likeness (QED) is 0.550. The van der Waals surface area contributed by atoms with Gasteiger partial charge in [0.05, 0.1) is 6.10 Å². The van der Waals surface area contributed by atoms with Crippen LogP contribution in [-0.2, 0) is 4.52 Å². The van der Waals surface area contributed by atoms with E-state index in [2.05, 4.69) is 29.6 Å². The van der Waals surface area contributed by atoms with Crippen LogP contribution in [0.25, 0.3) is 0 Å². The Kier molecular flexibility index (Phi) is 5.95. The average molecular weight is 237 g/mol. The Hall–Kier alpha value is 0.950. The fourth-order valence-corrected chi connectivity index (χ4v) is 3.20. The Morgan fingerprint density at radius 1 is 1.69 bits per heavy atom. The van der Waals surface area contributed by atoms with E-state index in [-0.39, 0.29) is 0 Å². The largest absolute Gasteiger partial charge is 0.354 e. The van der Waals surface area contributed by atoms with Gasteiger partial charge in [-0.2, -0.15) is 0 Å². The molecule has 0 saturated carbocycles. The molecule has 0 amide bonds. The van der Waals surface area contributed by atoms with Gasteiger partial charge in [-0.15, -0.1) is 6.58 Å². The van der Waals surface area contributed by atoms with Gasteiger partial charge in [0.15, 0.2) is 0 Å². The van der Waals surface area contributed by atoms with Crippen molar-refractivity contribution in [2.75, 3.05) is 6.54 Å². The Labute approximate surface area is 87.1 Å². The maximum absolute atomic E-state index is 5.71. The van der Waals surface area contributed by atoms with Crippen molar-refractivity contribution in [2.24, 2.45) is 0 Å². The van der Waals surface area contributed by atoms with Gasteiger partial charge in [-0.25, -0.2) is 0 Å². The van der Waals surface area contributed by atoms with Crippen molar-refractivity contribution in [3.05, 3.63) is 12.7 Å². The van der Waals surface area contributed by atoms with Gasteiger partial charge in [0.2, 0.25) is 0 Å². The van der Waals surface area contributed by atoms with Crippen molar-refractivity contribution in [2.45, 2.75) is 31.4 Å². The summed E-state index contributed by atoms with van der Waals surface area (Å²) in [6.45, 7) is 4.95. The first kappa shape index (κ1) is 12.0. The molecule has 1 aliphatic rings. The summed E-state index contributed by atoms with van der Waals surface area (Å²) in [5.74, 6) is 0. The lowest BCUT2D eigenvalue weighted by atomic mass is 9.99. The molecule has 1 rings (SSSR count). The van der Waals surface area contributed by atoms with Crippen LogP contribution in [0.15, 0.2) is 12.7 Å². The van der Waals surface area contributed by atoms with Crippen LogP contribution in [0.3, 0.4) is 0 Å². The molecule has 13 heavy (non-hydrogen) atoms. The molecule has 0 bridgehead atoms. The Balaban J connectivity index is 2.50. The maximum atomic E-state index is 5.71. The molecule has 0 N–H and O–H groups in total. The van der Waals surface area contributed by atoms with Crippen molar-refractivity contribution in [3.8, 4) is 0 Å². The van der Waals surface area contributed by atoms with Crippen molar-refractivity contribution >= 4 is 26.8 Å². The molecule has 3 unspecified atom stereocenters. The van der Waals surface area contributed by atoms with Crippen molar-refractivity contribution < 1.29 is 4.52 Å². The predicted octanol–water partition coefficient (Wildman–Crippen LogP) is 2.59. The van der Waals surface area contributed by atoms with Crippen LogP contribution < -0.4 is 0 Å². The molecule has 1 aliphatic heterocycles. The Morgan fingerprint density at radius 3 is 3.08 bits per heavy atom. The minimum atomic E-state index is 0.389. The summed E-state index contributed by atoms with van der Waals surface area (Å²) in [6.07, 6.45) is 5.81. The molecule has 0 radical (unpaired) electrons. The summed E-state index contributed by atoms with van der Waals surface area (Å²) in [4.78, 5) is 0. The van der Waals surface area contributed by atoms with E-state index in [1.807, 2.05) is 6.08 Å². The number of hydrogen-bond donors (Lipinski definition) is 0.